The molecule has 0 amide bonds. The Morgan fingerprint density at radius 2 is 1.79 bits per heavy atom. The van der Waals surface area contributed by atoms with Crippen molar-refractivity contribution < 1.29 is 0 Å². The minimum absolute atomic E-state index is 0.527. The lowest BCUT2D eigenvalue weighted by molar-refractivity contribution is 0.482. The molecule has 0 saturated carbocycles. The number of likely N-dealkylation sites (N-methyl/N-ethyl adjacent to an activating group) is 1. The van der Waals surface area contributed by atoms with E-state index in [1.165, 1.54) is 44.1 Å². The largest absolute Gasteiger partial charge is 0.317 e. The number of rotatable bonds is 9. The fourth-order valence-corrected chi connectivity index (χ4v) is 2.61. The van der Waals surface area contributed by atoms with Crippen LogP contribution in [0.25, 0.3) is 0 Å². The van der Waals surface area contributed by atoms with E-state index in [0.717, 1.165) is 6.42 Å². The summed E-state index contributed by atoms with van der Waals surface area (Å²) in [6, 6.07) is 6.45. The maximum Gasteiger partial charge on any atom is 0.0595 e. The van der Waals surface area contributed by atoms with Gasteiger partial charge in [0.05, 0.1) is 10.0 Å². The molecule has 3 heteroatoms. The zero-order valence-electron chi connectivity index (χ0n) is 12.0. The number of halogens is 2. The van der Waals surface area contributed by atoms with Gasteiger partial charge in [-0.2, -0.15) is 0 Å². The van der Waals surface area contributed by atoms with E-state index in [1.54, 1.807) is 0 Å². The third-order valence-corrected chi connectivity index (χ3v) is 4.27. The van der Waals surface area contributed by atoms with Crippen LogP contribution in [0.5, 0.6) is 0 Å². The van der Waals surface area contributed by atoms with E-state index in [0.29, 0.717) is 16.1 Å². The highest BCUT2D eigenvalue weighted by Gasteiger charge is 2.08. The van der Waals surface area contributed by atoms with Crippen LogP contribution in [-0.4, -0.2) is 13.1 Å². The van der Waals surface area contributed by atoms with Gasteiger partial charge in [-0.25, -0.2) is 0 Å². The Balaban J connectivity index is 2.36. The Morgan fingerprint density at radius 3 is 2.42 bits per heavy atom. The van der Waals surface area contributed by atoms with E-state index < -0.39 is 0 Å². The van der Waals surface area contributed by atoms with E-state index in [-0.39, 0.29) is 0 Å². The summed E-state index contributed by atoms with van der Waals surface area (Å²) in [6.07, 6.45) is 8.90. The van der Waals surface area contributed by atoms with E-state index in [4.69, 9.17) is 23.2 Å². The smallest absolute Gasteiger partial charge is 0.0595 e. The van der Waals surface area contributed by atoms with Crippen LogP contribution in [0.3, 0.4) is 0 Å². The molecule has 0 radical (unpaired) electrons. The maximum absolute atomic E-state index is 6.05. The Kier molecular flexibility index (Phi) is 8.52. The summed E-state index contributed by atoms with van der Waals surface area (Å²) in [4.78, 5) is 0. The molecule has 1 aromatic carbocycles. The van der Waals surface area contributed by atoms with E-state index >= 15 is 0 Å². The monoisotopic (exact) mass is 301 g/mol. The molecule has 0 spiro atoms. The van der Waals surface area contributed by atoms with Crippen molar-refractivity contribution in [1.82, 2.24) is 5.32 Å². The van der Waals surface area contributed by atoms with Crippen LogP contribution in [0, 0.1) is 0 Å². The minimum atomic E-state index is 0.527. The van der Waals surface area contributed by atoms with E-state index in [2.05, 4.69) is 18.3 Å². The van der Waals surface area contributed by atoms with Gasteiger partial charge in [-0.05, 0) is 37.6 Å². The van der Waals surface area contributed by atoms with Crippen LogP contribution in [0.2, 0.25) is 10.0 Å². The summed E-state index contributed by atoms with van der Waals surface area (Å²) in [6.45, 7) is 2.25. The zero-order chi connectivity index (χ0) is 14.1. The molecular weight excluding hydrogens is 277 g/mol. The van der Waals surface area contributed by atoms with E-state index in [9.17, 15) is 0 Å². The molecule has 1 nitrogen and oxygen atoms in total. The quantitative estimate of drug-likeness (QED) is 0.595. The van der Waals surface area contributed by atoms with Crippen molar-refractivity contribution in [3.63, 3.8) is 0 Å². The predicted molar refractivity (Wildman–Crippen MR) is 86.4 cm³/mol. The summed E-state index contributed by atoms with van der Waals surface area (Å²) in [5, 5.41) is 4.68. The van der Waals surface area contributed by atoms with Gasteiger partial charge in [0.1, 0.15) is 0 Å². The molecule has 0 aliphatic heterocycles. The molecule has 19 heavy (non-hydrogen) atoms. The molecule has 0 aromatic heterocycles. The fraction of sp³-hybridized carbons (Fsp3) is 0.625. The van der Waals surface area contributed by atoms with Gasteiger partial charge < -0.3 is 5.32 Å². The van der Waals surface area contributed by atoms with Gasteiger partial charge in [0.2, 0.25) is 0 Å². The summed E-state index contributed by atoms with van der Waals surface area (Å²) in [7, 11) is 2.04. The molecular formula is C16H25Cl2N. The first kappa shape index (κ1) is 16.8. The van der Waals surface area contributed by atoms with Crippen LogP contribution in [0.4, 0.5) is 0 Å². The SMILES string of the molecule is CCCCCCCC(Cc1ccc(Cl)c(Cl)c1)NC. The molecule has 0 aliphatic carbocycles. The van der Waals surface area contributed by atoms with Gasteiger partial charge in [-0.3, -0.25) is 0 Å². The first-order chi connectivity index (χ1) is 9.17. The molecule has 1 N–H and O–H groups in total. The van der Waals surface area contributed by atoms with Crippen molar-refractivity contribution in [3.8, 4) is 0 Å². The van der Waals surface area contributed by atoms with Gasteiger partial charge in [0.15, 0.2) is 0 Å². The number of unbranched alkanes of at least 4 members (excludes halogenated alkanes) is 4. The molecule has 0 bridgehead atoms. The molecule has 1 rings (SSSR count). The number of benzene rings is 1. The fourth-order valence-electron chi connectivity index (χ4n) is 2.29. The Bertz CT molecular complexity index is 366. The van der Waals surface area contributed by atoms with Crippen LogP contribution >= 0.6 is 23.2 Å². The van der Waals surface area contributed by atoms with Gasteiger partial charge in [-0.1, -0.05) is 68.3 Å². The van der Waals surface area contributed by atoms with Crippen molar-refractivity contribution in [3.05, 3.63) is 33.8 Å². The topological polar surface area (TPSA) is 12.0 Å². The molecule has 0 fully saturated rings. The molecule has 1 aromatic rings. The van der Waals surface area contributed by atoms with Crippen LogP contribution in [-0.2, 0) is 6.42 Å². The highest BCUT2D eigenvalue weighted by molar-refractivity contribution is 6.42. The lowest BCUT2D eigenvalue weighted by Crippen LogP contribution is -2.27. The third-order valence-electron chi connectivity index (χ3n) is 3.53. The van der Waals surface area contributed by atoms with Crippen molar-refractivity contribution in [2.75, 3.05) is 7.05 Å². The van der Waals surface area contributed by atoms with Crippen molar-refractivity contribution >= 4 is 23.2 Å². The van der Waals surface area contributed by atoms with Crippen LogP contribution in [0.1, 0.15) is 51.0 Å². The maximum atomic E-state index is 6.05. The average Bonchev–Trinajstić information content (AvgIpc) is 2.41. The highest BCUT2D eigenvalue weighted by atomic mass is 35.5. The Morgan fingerprint density at radius 1 is 1.05 bits per heavy atom. The lowest BCUT2D eigenvalue weighted by atomic mass is 10.00. The summed E-state index contributed by atoms with van der Waals surface area (Å²) < 4.78 is 0. The van der Waals surface area contributed by atoms with E-state index in [1.807, 2.05) is 19.2 Å². The number of hydrogen-bond donors (Lipinski definition) is 1. The second-order valence-corrected chi connectivity index (χ2v) is 5.96. The van der Waals surface area contributed by atoms with Gasteiger partial charge >= 0.3 is 0 Å². The lowest BCUT2D eigenvalue weighted by Gasteiger charge is -2.16. The Labute approximate surface area is 127 Å². The van der Waals surface area contributed by atoms with Crippen molar-refractivity contribution in [2.45, 2.75) is 57.9 Å². The number of nitrogens with one attached hydrogen (secondary N) is 1. The molecule has 0 saturated heterocycles. The molecule has 1 unspecified atom stereocenters. The average molecular weight is 302 g/mol. The second-order valence-electron chi connectivity index (χ2n) is 5.14. The molecule has 1 atom stereocenters. The minimum Gasteiger partial charge on any atom is -0.317 e. The van der Waals surface area contributed by atoms with Crippen molar-refractivity contribution in [2.24, 2.45) is 0 Å². The van der Waals surface area contributed by atoms with Gasteiger partial charge in [0, 0.05) is 6.04 Å². The summed E-state index contributed by atoms with van der Waals surface area (Å²) in [5.74, 6) is 0. The summed E-state index contributed by atoms with van der Waals surface area (Å²) >= 11 is 12.0. The normalized spacial score (nSPS) is 12.6. The van der Waals surface area contributed by atoms with Crippen LogP contribution in [0.15, 0.2) is 18.2 Å². The Hall–Kier alpha value is -0.240. The summed E-state index contributed by atoms with van der Waals surface area (Å²) in [5.41, 5.74) is 1.25. The number of hydrogen-bond acceptors (Lipinski definition) is 1. The van der Waals surface area contributed by atoms with Gasteiger partial charge in [0.25, 0.3) is 0 Å². The second kappa shape index (κ2) is 9.63. The third kappa shape index (κ3) is 6.65. The highest BCUT2D eigenvalue weighted by Crippen LogP contribution is 2.23. The molecule has 108 valence electrons. The van der Waals surface area contributed by atoms with Crippen molar-refractivity contribution in [1.29, 1.82) is 0 Å². The zero-order valence-corrected chi connectivity index (χ0v) is 13.5. The first-order valence-electron chi connectivity index (χ1n) is 7.28. The predicted octanol–water partition coefficient (Wildman–Crippen LogP) is 5.48. The standard InChI is InChI=1S/C16H25Cl2N/c1-3-4-5-6-7-8-14(19-2)11-13-9-10-15(17)16(18)12-13/h9-10,12,14,19H,3-8,11H2,1-2H3. The van der Waals surface area contributed by atoms with Gasteiger partial charge in [-0.15, -0.1) is 0 Å². The molecule has 0 heterocycles. The molecule has 0 aliphatic rings. The first-order valence-corrected chi connectivity index (χ1v) is 8.04. The van der Waals surface area contributed by atoms with Crippen LogP contribution < -0.4 is 5.32 Å².